The number of piperidine rings is 1. The zero-order valence-electron chi connectivity index (χ0n) is 15.3. The third kappa shape index (κ3) is 3.75. The molecule has 2 N–H and O–H groups in total. The van der Waals surface area contributed by atoms with Crippen LogP contribution >= 0.6 is 0 Å². The standard InChI is InChI=1S/C19H22N2O7/c22-17(20-12-1-2-13-16(9-12)27-10-26-13)11-5-7-21(8-6-11)18(23)14-3-4-15(28-14)19(24)25/h1-2,9,11,14-15H,3-8,10H2,(H,20,22)(H,24,25)/t14-,15+/m0/s1. The number of aliphatic carboxylic acids is 1. The molecule has 3 heterocycles. The van der Waals surface area contributed by atoms with Crippen molar-refractivity contribution in [3.63, 3.8) is 0 Å². The largest absolute Gasteiger partial charge is 0.479 e. The third-order valence-electron chi connectivity index (χ3n) is 5.39. The van der Waals surface area contributed by atoms with Crippen molar-refractivity contribution < 1.29 is 33.7 Å². The van der Waals surface area contributed by atoms with Crippen LogP contribution in [0.25, 0.3) is 0 Å². The van der Waals surface area contributed by atoms with Crippen molar-refractivity contribution in [2.45, 2.75) is 37.9 Å². The molecule has 9 heteroatoms. The summed E-state index contributed by atoms with van der Waals surface area (Å²) in [6, 6.07) is 5.25. The summed E-state index contributed by atoms with van der Waals surface area (Å²) in [5.41, 5.74) is 0.645. The van der Waals surface area contributed by atoms with Gasteiger partial charge in [-0.25, -0.2) is 4.79 Å². The van der Waals surface area contributed by atoms with Gasteiger partial charge in [0.05, 0.1) is 0 Å². The second-order valence-corrected chi connectivity index (χ2v) is 7.19. The Kier molecular flexibility index (Phi) is 5.08. The Hall–Kier alpha value is -2.81. The molecule has 1 aromatic carbocycles. The first-order valence-corrected chi connectivity index (χ1v) is 9.39. The first-order valence-electron chi connectivity index (χ1n) is 9.39. The Morgan fingerprint density at radius 2 is 1.71 bits per heavy atom. The van der Waals surface area contributed by atoms with Crippen molar-refractivity contribution in [3.05, 3.63) is 18.2 Å². The van der Waals surface area contributed by atoms with Crippen LogP contribution in [0.5, 0.6) is 11.5 Å². The van der Waals surface area contributed by atoms with E-state index in [1.54, 1.807) is 23.1 Å². The Morgan fingerprint density at radius 1 is 1.00 bits per heavy atom. The fraction of sp³-hybridized carbons (Fsp3) is 0.526. The Bertz CT molecular complexity index is 788. The number of benzene rings is 1. The van der Waals surface area contributed by atoms with E-state index in [2.05, 4.69) is 5.32 Å². The molecule has 9 nitrogen and oxygen atoms in total. The number of carbonyl (C=O) groups is 3. The molecule has 0 aliphatic carbocycles. The van der Waals surface area contributed by atoms with Crippen LogP contribution in [0.3, 0.4) is 0 Å². The van der Waals surface area contributed by atoms with Crippen LogP contribution in [-0.2, 0) is 19.1 Å². The lowest BCUT2D eigenvalue weighted by Crippen LogP contribution is -2.45. The Balaban J connectivity index is 1.27. The van der Waals surface area contributed by atoms with Gasteiger partial charge in [0.2, 0.25) is 12.7 Å². The number of carbonyl (C=O) groups excluding carboxylic acids is 2. The minimum Gasteiger partial charge on any atom is -0.479 e. The van der Waals surface area contributed by atoms with Crippen LogP contribution < -0.4 is 14.8 Å². The van der Waals surface area contributed by atoms with Crippen molar-refractivity contribution in [1.82, 2.24) is 4.90 Å². The van der Waals surface area contributed by atoms with Crippen LogP contribution in [0.2, 0.25) is 0 Å². The van der Waals surface area contributed by atoms with Gasteiger partial charge in [0.1, 0.15) is 6.10 Å². The smallest absolute Gasteiger partial charge is 0.332 e. The van der Waals surface area contributed by atoms with Gasteiger partial charge in [-0.2, -0.15) is 0 Å². The molecule has 0 saturated carbocycles. The lowest BCUT2D eigenvalue weighted by Gasteiger charge is -2.32. The van der Waals surface area contributed by atoms with E-state index in [-0.39, 0.29) is 24.5 Å². The zero-order chi connectivity index (χ0) is 19.7. The lowest BCUT2D eigenvalue weighted by atomic mass is 9.95. The summed E-state index contributed by atoms with van der Waals surface area (Å²) in [5.74, 6) is -0.231. The average Bonchev–Trinajstić information content (AvgIpc) is 3.37. The highest BCUT2D eigenvalue weighted by Crippen LogP contribution is 2.34. The normalized spacial score (nSPS) is 24.2. The number of hydrogen-bond donors (Lipinski definition) is 2. The number of rotatable bonds is 4. The fourth-order valence-corrected chi connectivity index (χ4v) is 3.78. The second-order valence-electron chi connectivity index (χ2n) is 7.19. The molecule has 3 aliphatic heterocycles. The molecule has 2 fully saturated rings. The predicted octanol–water partition coefficient (Wildman–Crippen LogP) is 1.22. The van der Waals surface area contributed by atoms with Crippen molar-refractivity contribution in [1.29, 1.82) is 0 Å². The minimum absolute atomic E-state index is 0.0889. The number of carboxylic acid groups (broad SMARTS) is 1. The monoisotopic (exact) mass is 390 g/mol. The summed E-state index contributed by atoms with van der Waals surface area (Å²) in [6.07, 6.45) is 0.272. The second kappa shape index (κ2) is 7.67. The number of likely N-dealkylation sites (tertiary alicyclic amines) is 1. The Labute approximate surface area is 161 Å². The van der Waals surface area contributed by atoms with Gasteiger partial charge in [-0.3, -0.25) is 9.59 Å². The fourth-order valence-electron chi connectivity index (χ4n) is 3.78. The van der Waals surface area contributed by atoms with Gasteiger partial charge in [-0.15, -0.1) is 0 Å². The highest BCUT2D eigenvalue weighted by molar-refractivity contribution is 5.93. The number of amides is 2. The molecule has 2 amide bonds. The zero-order valence-corrected chi connectivity index (χ0v) is 15.3. The predicted molar refractivity (Wildman–Crippen MR) is 96.0 cm³/mol. The van der Waals surface area contributed by atoms with Crippen molar-refractivity contribution in [2.75, 3.05) is 25.2 Å². The molecule has 0 bridgehead atoms. The molecule has 150 valence electrons. The highest BCUT2D eigenvalue weighted by atomic mass is 16.7. The van der Waals surface area contributed by atoms with Crippen molar-refractivity contribution >= 4 is 23.5 Å². The van der Waals surface area contributed by atoms with Gasteiger partial charge < -0.3 is 29.5 Å². The molecule has 2 saturated heterocycles. The maximum absolute atomic E-state index is 12.5. The molecule has 1 aromatic rings. The van der Waals surface area contributed by atoms with Gasteiger partial charge in [0.25, 0.3) is 5.91 Å². The van der Waals surface area contributed by atoms with Crippen molar-refractivity contribution in [2.24, 2.45) is 5.92 Å². The van der Waals surface area contributed by atoms with Gasteiger partial charge in [0.15, 0.2) is 17.6 Å². The summed E-state index contributed by atoms with van der Waals surface area (Å²) in [4.78, 5) is 37.7. The third-order valence-corrected chi connectivity index (χ3v) is 5.39. The summed E-state index contributed by atoms with van der Waals surface area (Å²) < 4.78 is 15.9. The summed E-state index contributed by atoms with van der Waals surface area (Å²) in [6.45, 7) is 1.09. The number of ether oxygens (including phenoxy) is 3. The molecular weight excluding hydrogens is 368 g/mol. The van der Waals surface area contributed by atoms with Crippen LogP contribution in [-0.4, -0.2) is 59.9 Å². The molecule has 0 radical (unpaired) electrons. The summed E-state index contributed by atoms with van der Waals surface area (Å²) in [5, 5.41) is 11.9. The molecule has 2 atom stereocenters. The number of nitrogens with zero attached hydrogens (tertiary/aromatic N) is 1. The van der Waals surface area contributed by atoms with E-state index in [9.17, 15) is 14.4 Å². The van der Waals surface area contributed by atoms with Crippen LogP contribution in [0.4, 0.5) is 5.69 Å². The van der Waals surface area contributed by atoms with E-state index >= 15 is 0 Å². The average molecular weight is 390 g/mol. The number of nitrogens with one attached hydrogen (secondary N) is 1. The quantitative estimate of drug-likeness (QED) is 0.794. The molecule has 3 aliphatic rings. The topological polar surface area (TPSA) is 114 Å². The lowest BCUT2D eigenvalue weighted by molar-refractivity contribution is -0.155. The van der Waals surface area contributed by atoms with Gasteiger partial charge >= 0.3 is 5.97 Å². The van der Waals surface area contributed by atoms with E-state index in [4.69, 9.17) is 19.3 Å². The summed E-state index contributed by atoms with van der Waals surface area (Å²) >= 11 is 0. The first-order chi connectivity index (χ1) is 13.5. The molecule has 4 rings (SSSR count). The van der Waals surface area contributed by atoms with Gasteiger partial charge in [0, 0.05) is 30.8 Å². The van der Waals surface area contributed by atoms with E-state index in [1.807, 2.05) is 0 Å². The SMILES string of the molecule is O=C(Nc1ccc2c(c1)OCO2)C1CCN(C(=O)[C@@H]2CC[C@H](C(=O)O)O2)CC1. The number of hydrogen-bond acceptors (Lipinski definition) is 6. The van der Waals surface area contributed by atoms with Crippen molar-refractivity contribution in [3.8, 4) is 11.5 Å². The van der Waals surface area contributed by atoms with E-state index in [1.165, 1.54) is 0 Å². The number of carboxylic acids is 1. The maximum Gasteiger partial charge on any atom is 0.332 e. The molecule has 28 heavy (non-hydrogen) atoms. The number of anilines is 1. The molecule has 0 unspecified atom stereocenters. The van der Waals surface area contributed by atoms with Gasteiger partial charge in [-0.05, 0) is 37.8 Å². The highest BCUT2D eigenvalue weighted by Gasteiger charge is 2.38. The first kappa shape index (κ1) is 18.5. The van der Waals surface area contributed by atoms with E-state index < -0.39 is 18.2 Å². The van der Waals surface area contributed by atoms with E-state index in [0.29, 0.717) is 56.0 Å². The minimum atomic E-state index is -1.03. The van der Waals surface area contributed by atoms with Crippen LogP contribution in [0, 0.1) is 5.92 Å². The van der Waals surface area contributed by atoms with Crippen LogP contribution in [0.15, 0.2) is 18.2 Å². The molecular formula is C19H22N2O7. The molecule has 0 aromatic heterocycles. The van der Waals surface area contributed by atoms with E-state index in [0.717, 1.165) is 0 Å². The summed E-state index contributed by atoms with van der Waals surface area (Å²) in [7, 11) is 0. The molecule has 0 spiro atoms. The maximum atomic E-state index is 12.5. The van der Waals surface area contributed by atoms with Crippen LogP contribution in [0.1, 0.15) is 25.7 Å². The van der Waals surface area contributed by atoms with Gasteiger partial charge in [-0.1, -0.05) is 0 Å². The number of fused-ring (bicyclic) bond motifs is 1. The Morgan fingerprint density at radius 3 is 2.43 bits per heavy atom.